The molecule has 1 aromatic heterocycles. The van der Waals surface area contributed by atoms with Gasteiger partial charge in [0.2, 0.25) is 0 Å². The maximum Gasteiger partial charge on any atom is 0.323 e. The average molecular weight is 240 g/mol. The molecule has 1 aromatic rings. The second kappa shape index (κ2) is 5.38. The molecule has 0 fully saturated rings. The number of carboxylic acid groups (broad SMARTS) is 1. The van der Waals surface area contributed by atoms with Gasteiger partial charge in [-0.05, 0) is 13.0 Å². The van der Waals surface area contributed by atoms with E-state index in [1.807, 2.05) is 6.92 Å². The Morgan fingerprint density at radius 2 is 2.00 bits per heavy atom. The number of urea groups is 1. The zero-order chi connectivity index (χ0) is 13.0. The lowest BCUT2D eigenvalue weighted by molar-refractivity contribution is -0.137. The molecule has 0 aliphatic heterocycles. The van der Waals surface area contributed by atoms with Crippen LogP contribution in [0, 0.1) is 6.92 Å². The molecule has 1 N–H and O–H groups in total. The van der Waals surface area contributed by atoms with Gasteiger partial charge in [-0.3, -0.25) is 4.79 Å². The van der Waals surface area contributed by atoms with E-state index in [-0.39, 0.29) is 12.6 Å². The highest BCUT2D eigenvalue weighted by molar-refractivity contribution is 5.79. The fourth-order valence-electron chi connectivity index (χ4n) is 1.46. The minimum atomic E-state index is -1.03. The van der Waals surface area contributed by atoms with Gasteiger partial charge in [0.1, 0.15) is 12.3 Å². The van der Waals surface area contributed by atoms with E-state index < -0.39 is 5.97 Å². The summed E-state index contributed by atoms with van der Waals surface area (Å²) >= 11 is 0. The van der Waals surface area contributed by atoms with Crippen LogP contribution in [0.25, 0.3) is 0 Å². The Labute approximate surface area is 99.4 Å². The van der Waals surface area contributed by atoms with E-state index in [1.165, 1.54) is 11.9 Å². The smallest absolute Gasteiger partial charge is 0.323 e. The number of carboxylic acids is 1. The molecular weight excluding hydrogens is 224 g/mol. The summed E-state index contributed by atoms with van der Waals surface area (Å²) in [7, 11) is 3.07. The maximum absolute atomic E-state index is 11.8. The molecule has 0 spiro atoms. The second-order valence-electron chi connectivity index (χ2n) is 3.89. The predicted octanol–water partition coefficient (Wildman–Crippen LogP) is 1.16. The highest BCUT2D eigenvalue weighted by Crippen LogP contribution is 2.11. The summed E-state index contributed by atoms with van der Waals surface area (Å²) in [6.07, 6.45) is 1.56. The molecule has 0 radical (unpaired) electrons. The lowest BCUT2D eigenvalue weighted by Gasteiger charge is -2.23. The molecule has 6 nitrogen and oxygen atoms in total. The molecule has 6 heteroatoms. The third-order valence-electron chi connectivity index (χ3n) is 2.40. The summed E-state index contributed by atoms with van der Waals surface area (Å²) in [6.45, 7) is 1.90. The number of amides is 2. The van der Waals surface area contributed by atoms with Crippen molar-refractivity contribution in [3.05, 3.63) is 23.7 Å². The molecule has 17 heavy (non-hydrogen) atoms. The molecule has 0 aliphatic rings. The Kier molecular flexibility index (Phi) is 4.14. The van der Waals surface area contributed by atoms with Gasteiger partial charge in [0.15, 0.2) is 0 Å². The van der Waals surface area contributed by atoms with Gasteiger partial charge in [-0.25, -0.2) is 4.79 Å². The minimum Gasteiger partial charge on any atom is -0.480 e. The molecule has 1 rings (SSSR count). The number of nitrogens with zero attached hydrogens (tertiary/aromatic N) is 2. The standard InChI is InChI=1S/C11H16N2O4/c1-8-9(4-5-17-8)6-12(2)11(16)13(3)7-10(14)15/h4-5H,6-7H2,1-3H3,(H,14,15). The number of aryl methyl sites for hydroxylation is 1. The van der Waals surface area contributed by atoms with Crippen molar-refractivity contribution >= 4 is 12.0 Å². The van der Waals surface area contributed by atoms with E-state index in [1.54, 1.807) is 19.4 Å². The van der Waals surface area contributed by atoms with E-state index in [4.69, 9.17) is 9.52 Å². The number of likely N-dealkylation sites (N-methyl/N-ethyl adjacent to an activating group) is 1. The van der Waals surface area contributed by atoms with Gasteiger partial charge < -0.3 is 19.3 Å². The fraction of sp³-hybridized carbons (Fsp3) is 0.455. The molecule has 0 aliphatic carbocycles. The first-order valence-corrected chi connectivity index (χ1v) is 5.12. The predicted molar refractivity (Wildman–Crippen MR) is 60.6 cm³/mol. The van der Waals surface area contributed by atoms with Gasteiger partial charge in [0.05, 0.1) is 12.8 Å². The summed E-state index contributed by atoms with van der Waals surface area (Å²) in [4.78, 5) is 24.9. The van der Waals surface area contributed by atoms with Crippen LogP contribution in [0.4, 0.5) is 4.79 Å². The number of hydrogen-bond donors (Lipinski definition) is 1. The first kappa shape index (κ1) is 13.1. The third-order valence-corrected chi connectivity index (χ3v) is 2.40. The van der Waals surface area contributed by atoms with E-state index in [0.29, 0.717) is 6.54 Å². The minimum absolute atomic E-state index is 0.312. The largest absolute Gasteiger partial charge is 0.480 e. The Morgan fingerprint density at radius 3 is 2.47 bits per heavy atom. The highest BCUT2D eigenvalue weighted by Gasteiger charge is 2.17. The molecule has 0 saturated carbocycles. The van der Waals surface area contributed by atoms with Crippen molar-refractivity contribution in [2.75, 3.05) is 20.6 Å². The molecule has 2 amide bonds. The summed E-state index contributed by atoms with van der Waals surface area (Å²) in [5.74, 6) is -0.278. The average Bonchev–Trinajstić information content (AvgIpc) is 2.62. The van der Waals surface area contributed by atoms with Gasteiger partial charge in [-0.2, -0.15) is 0 Å². The van der Waals surface area contributed by atoms with Gasteiger partial charge in [0.25, 0.3) is 0 Å². The SMILES string of the molecule is Cc1occc1CN(C)C(=O)N(C)CC(=O)O. The van der Waals surface area contributed by atoms with Crippen LogP contribution in [0.5, 0.6) is 0 Å². The first-order valence-electron chi connectivity index (χ1n) is 5.12. The maximum atomic E-state index is 11.8. The molecule has 0 unspecified atom stereocenters. The Morgan fingerprint density at radius 1 is 1.35 bits per heavy atom. The van der Waals surface area contributed by atoms with Crippen LogP contribution in [0.1, 0.15) is 11.3 Å². The number of carbonyl (C=O) groups is 2. The van der Waals surface area contributed by atoms with Crippen molar-refractivity contribution in [2.24, 2.45) is 0 Å². The zero-order valence-corrected chi connectivity index (χ0v) is 10.1. The third kappa shape index (κ3) is 3.51. The van der Waals surface area contributed by atoms with E-state index >= 15 is 0 Å². The van der Waals surface area contributed by atoms with E-state index in [2.05, 4.69) is 0 Å². The van der Waals surface area contributed by atoms with Crippen molar-refractivity contribution in [1.82, 2.24) is 9.80 Å². The summed E-state index contributed by atoms with van der Waals surface area (Å²) in [5.41, 5.74) is 0.907. The Bertz CT molecular complexity index is 413. The molecule has 0 saturated heterocycles. The molecular formula is C11H16N2O4. The van der Waals surface area contributed by atoms with Crippen LogP contribution in [-0.2, 0) is 11.3 Å². The number of aliphatic carboxylic acids is 1. The van der Waals surface area contributed by atoms with Gasteiger partial charge >= 0.3 is 12.0 Å². The lowest BCUT2D eigenvalue weighted by Crippen LogP contribution is -2.40. The second-order valence-corrected chi connectivity index (χ2v) is 3.89. The van der Waals surface area contributed by atoms with Crippen LogP contribution in [0.3, 0.4) is 0 Å². The molecule has 94 valence electrons. The fourth-order valence-corrected chi connectivity index (χ4v) is 1.46. The highest BCUT2D eigenvalue weighted by atomic mass is 16.4. The van der Waals surface area contributed by atoms with E-state index in [9.17, 15) is 9.59 Å². The van der Waals surface area contributed by atoms with Crippen molar-refractivity contribution in [3.8, 4) is 0 Å². The van der Waals surface area contributed by atoms with Gasteiger partial charge in [0, 0.05) is 19.7 Å². The first-order chi connectivity index (χ1) is 7.91. The number of furan rings is 1. The van der Waals surface area contributed by atoms with Crippen molar-refractivity contribution in [3.63, 3.8) is 0 Å². The van der Waals surface area contributed by atoms with Crippen LogP contribution in [0.15, 0.2) is 16.7 Å². The Hall–Kier alpha value is -1.98. The van der Waals surface area contributed by atoms with Crippen LogP contribution >= 0.6 is 0 Å². The lowest BCUT2D eigenvalue weighted by atomic mass is 10.2. The zero-order valence-electron chi connectivity index (χ0n) is 10.1. The monoisotopic (exact) mass is 240 g/mol. The molecule has 0 atom stereocenters. The number of hydrogen-bond acceptors (Lipinski definition) is 3. The number of rotatable bonds is 4. The van der Waals surface area contributed by atoms with Crippen molar-refractivity contribution in [2.45, 2.75) is 13.5 Å². The number of carbonyl (C=O) groups excluding carboxylic acids is 1. The normalized spacial score (nSPS) is 10.1. The van der Waals surface area contributed by atoms with Crippen molar-refractivity contribution < 1.29 is 19.1 Å². The topological polar surface area (TPSA) is 74.0 Å². The van der Waals surface area contributed by atoms with Gasteiger partial charge in [-0.15, -0.1) is 0 Å². The Balaban J connectivity index is 2.58. The molecule has 0 bridgehead atoms. The summed E-state index contributed by atoms with van der Waals surface area (Å²) in [6, 6.07) is 1.45. The van der Waals surface area contributed by atoms with Crippen LogP contribution < -0.4 is 0 Å². The summed E-state index contributed by atoms with van der Waals surface area (Å²) in [5, 5.41) is 8.59. The van der Waals surface area contributed by atoms with Gasteiger partial charge in [-0.1, -0.05) is 0 Å². The molecule has 0 aromatic carbocycles. The quantitative estimate of drug-likeness (QED) is 0.856. The summed E-state index contributed by atoms with van der Waals surface area (Å²) < 4.78 is 5.12. The van der Waals surface area contributed by atoms with Crippen LogP contribution in [-0.4, -0.2) is 47.5 Å². The van der Waals surface area contributed by atoms with E-state index in [0.717, 1.165) is 16.2 Å². The van der Waals surface area contributed by atoms with Crippen LogP contribution in [0.2, 0.25) is 0 Å². The van der Waals surface area contributed by atoms with Crippen molar-refractivity contribution in [1.29, 1.82) is 0 Å². The molecule has 1 heterocycles.